The monoisotopic (exact) mass is 249 g/mol. The number of alkyl halides is 3. The van der Waals surface area contributed by atoms with E-state index in [1.165, 1.54) is 19.1 Å². The lowest BCUT2D eigenvalue weighted by Crippen LogP contribution is -2.18. The molecule has 0 aromatic heterocycles. The number of thioether (sulfide) groups is 1. The second-order valence-electron chi connectivity index (χ2n) is 3.10. The molecular weight excluding hydrogens is 239 g/mol. The zero-order valence-corrected chi connectivity index (χ0v) is 9.28. The summed E-state index contributed by atoms with van der Waals surface area (Å²) in [6, 6.07) is 5.89. The summed E-state index contributed by atoms with van der Waals surface area (Å²) in [5.74, 6) is -0.172. The summed E-state index contributed by atoms with van der Waals surface area (Å²) in [4.78, 5) is 10.7. The highest BCUT2D eigenvalue weighted by Gasteiger charge is 2.28. The van der Waals surface area contributed by atoms with E-state index in [1.54, 1.807) is 12.1 Å². The maximum absolute atomic E-state index is 12.0. The Bertz CT molecular complexity index is 361. The molecule has 0 unspecified atom stereocenters. The molecule has 1 aromatic carbocycles. The van der Waals surface area contributed by atoms with Crippen molar-refractivity contribution in [2.24, 2.45) is 0 Å². The van der Waals surface area contributed by atoms with Gasteiger partial charge in [0.1, 0.15) is 0 Å². The SMILES string of the molecule is CC(=O)NCc1ccc(SC(F)(F)F)cc1. The highest BCUT2D eigenvalue weighted by atomic mass is 32.2. The molecular formula is C10H10F3NOS. The molecule has 0 fully saturated rings. The normalized spacial score (nSPS) is 11.2. The molecule has 0 bridgehead atoms. The number of halogens is 3. The highest BCUT2D eigenvalue weighted by Crippen LogP contribution is 2.36. The van der Waals surface area contributed by atoms with Crippen molar-refractivity contribution in [3.8, 4) is 0 Å². The van der Waals surface area contributed by atoms with E-state index >= 15 is 0 Å². The van der Waals surface area contributed by atoms with E-state index in [0.29, 0.717) is 6.54 Å². The fourth-order valence-corrected chi connectivity index (χ4v) is 1.57. The Hall–Kier alpha value is -1.17. The lowest BCUT2D eigenvalue weighted by molar-refractivity contribution is -0.119. The first-order valence-electron chi connectivity index (χ1n) is 4.46. The van der Waals surface area contributed by atoms with E-state index in [4.69, 9.17) is 0 Å². The molecule has 1 amide bonds. The van der Waals surface area contributed by atoms with Gasteiger partial charge in [-0.15, -0.1) is 0 Å². The molecule has 0 saturated heterocycles. The number of hydrogen-bond donors (Lipinski definition) is 1. The van der Waals surface area contributed by atoms with Gasteiger partial charge in [0.2, 0.25) is 5.91 Å². The first kappa shape index (κ1) is 12.9. The third-order valence-electron chi connectivity index (χ3n) is 1.70. The van der Waals surface area contributed by atoms with Gasteiger partial charge in [-0.1, -0.05) is 12.1 Å². The Morgan fingerprint density at radius 2 is 1.88 bits per heavy atom. The summed E-state index contributed by atoms with van der Waals surface area (Å²) in [5, 5.41) is 2.56. The van der Waals surface area contributed by atoms with Gasteiger partial charge in [0, 0.05) is 18.4 Å². The number of carbonyl (C=O) groups is 1. The van der Waals surface area contributed by atoms with Crippen LogP contribution in [0.2, 0.25) is 0 Å². The molecule has 0 aliphatic rings. The van der Waals surface area contributed by atoms with Crippen molar-refractivity contribution in [2.75, 3.05) is 0 Å². The first-order valence-corrected chi connectivity index (χ1v) is 5.27. The van der Waals surface area contributed by atoms with Gasteiger partial charge in [0.05, 0.1) is 0 Å². The smallest absolute Gasteiger partial charge is 0.352 e. The minimum Gasteiger partial charge on any atom is -0.352 e. The maximum Gasteiger partial charge on any atom is 0.446 e. The number of rotatable bonds is 3. The summed E-state index contributed by atoms with van der Waals surface area (Å²) in [7, 11) is 0. The van der Waals surface area contributed by atoms with Crippen LogP contribution in [-0.4, -0.2) is 11.4 Å². The molecule has 1 rings (SSSR count). The molecule has 0 saturated carbocycles. The molecule has 0 aliphatic carbocycles. The summed E-state index contributed by atoms with van der Waals surface area (Å²) >= 11 is -0.154. The van der Waals surface area contributed by atoms with Crippen LogP contribution in [-0.2, 0) is 11.3 Å². The minimum absolute atomic E-state index is 0.138. The van der Waals surface area contributed by atoms with Gasteiger partial charge in [-0.2, -0.15) is 13.2 Å². The summed E-state index contributed by atoms with van der Waals surface area (Å²) in [5.41, 5.74) is -3.50. The van der Waals surface area contributed by atoms with Gasteiger partial charge in [-0.05, 0) is 29.5 Å². The van der Waals surface area contributed by atoms with Crippen LogP contribution in [0.15, 0.2) is 29.2 Å². The van der Waals surface area contributed by atoms with Crippen LogP contribution in [0, 0.1) is 0 Å². The van der Waals surface area contributed by atoms with E-state index in [2.05, 4.69) is 5.32 Å². The lowest BCUT2D eigenvalue weighted by atomic mass is 10.2. The average molecular weight is 249 g/mol. The fraction of sp³-hybridized carbons (Fsp3) is 0.300. The number of nitrogens with one attached hydrogen (secondary N) is 1. The molecule has 0 spiro atoms. The van der Waals surface area contributed by atoms with E-state index in [9.17, 15) is 18.0 Å². The molecule has 2 nitrogen and oxygen atoms in total. The Morgan fingerprint density at radius 3 is 2.31 bits per heavy atom. The average Bonchev–Trinajstić information content (AvgIpc) is 2.14. The largest absolute Gasteiger partial charge is 0.446 e. The molecule has 88 valence electrons. The maximum atomic E-state index is 12.0. The highest BCUT2D eigenvalue weighted by molar-refractivity contribution is 8.00. The van der Waals surface area contributed by atoms with Gasteiger partial charge < -0.3 is 5.32 Å². The van der Waals surface area contributed by atoms with Crippen molar-refractivity contribution >= 4 is 17.7 Å². The van der Waals surface area contributed by atoms with Crippen LogP contribution in [0.1, 0.15) is 12.5 Å². The third kappa shape index (κ3) is 5.06. The van der Waals surface area contributed by atoms with Crippen molar-refractivity contribution in [2.45, 2.75) is 23.9 Å². The van der Waals surface area contributed by atoms with Crippen molar-refractivity contribution in [3.63, 3.8) is 0 Å². The first-order chi connectivity index (χ1) is 7.37. The molecule has 16 heavy (non-hydrogen) atoms. The second-order valence-corrected chi connectivity index (χ2v) is 4.24. The van der Waals surface area contributed by atoms with Crippen molar-refractivity contribution in [1.29, 1.82) is 0 Å². The van der Waals surface area contributed by atoms with E-state index in [1.807, 2.05) is 0 Å². The molecule has 0 atom stereocenters. The number of benzene rings is 1. The van der Waals surface area contributed by atoms with Crippen LogP contribution >= 0.6 is 11.8 Å². The van der Waals surface area contributed by atoms with Gasteiger partial charge in [-0.25, -0.2) is 0 Å². The molecule has 6 heteroatoms. The molecule has 0 heterocycles. The Morgan fingerprint density at radius 1 is 1.31 bits per heavy atom. The second kappa shape index (κ2) is 5.25. The van der Waals surface area contributed by atoms with Gasteiger partial charge in [-0.3, -0.25) is 4.79 Å². The fourth-order valence-electron chi connectivity index (χ4n) is 1.04. The zero-order chi connectivity index (χ0) is 12.2. The Labute approximate surface area is 95.2 Å². The molecule has 0 radical (unpaired) electrons. The van der Waals surface area contributed by atoms with Crippen LogP contribution in [0.4, 0.5) is 13.2 Å². The van der Waals surface area contributed by atoms with Crippen molar-refractivity contribution < 1.29 is 18.0 Å². The standard InChI is InChI=1S/C10H10F3NOS/c1-7(15)14-6-8-2-4-9(5-3-8)16-10(11,12)13/h2-5H,6H2,1H3,(H,14,15). The lowest BCUT2D eigenvalue weighted by Gasteiger charge is -2.06. The molecule has 1 N–H and O–H groups in total. The number of hydrogen-bond acceptors (Lipinski definition) is 2. The number of carbonyl (C=O) groups excluding carboxylic acids is 1. The van der Waals surface area contributed by atoms with Gasteiger partial charge >= 0.3 is 5.51 Å². The third-order valence-corrected chi connectivity index (χ3v) is 2.44. The van der Waals surface area contributed by atoms with E-state index < -0.39 is 5.51 Å². The Kier molecular flexibility index (Phi) is 4.23. The van der Waals surface area contributed by atoms with Crippen molar-refractivity contribution in [3.05, 3.63) is 29.8 Å². The summed E-state index contributed by atoms with van der Waals surface area (Å²) in [6.45, 7) is 1.71. The van der Waals surface area contributed by atoms with E-state index in [-0.39, 0.29) is 22.6 Å². The van der Waals surface area contributed by atoms with E-state index in [0.717, 1.165) is 5.56 Å². The topological polar surface area (TPSA) is 29.1 Å². The summed E-state index contributed by atoms with van der Waals surface area (Å²) < 4.78 is 36.0. The minimum atomic E-state index is -4.26. The Balaban J connectivity index is 2.57. The quantitative estimate of drug-likeness (QED) is 0.834. The van der Waals surface area contributed by atoms with Crippen LogP contribution in [0.25, 0.3) is 0 Å². The molecule has 1 aromatic rings. The summed E-state index contributed by atoms with van der Waals surface area (Å²) in [6.07, 6.45) is 0. The van der Waals surface area contributed by atoms with Crippen LogP contribution < -0.4 is 5.32 Å². The zero-order valence-electron chi connectivity index (χ0n) is 8.47. The number of amides is 1. The van der Waals surface area contributed by atoms with Gasteiger partial charge in [0.15, 0.2) is 0 Å². The predicted octanol–water partition coefficient (Wildman–Crippen LogP) is 2.93. The van der Waals surface area contributed by atoms with Crippen molar-refractivity contribution in [1.82, 2.24) is 5.32 Å². The predicted molar refractivity (Wildman–Crippen MR) is 55.9 cm³/mol. The van der Waals surface area contributed by atoms with Crippen LogP contribution in [0.3, 0.4) is 0 Å². The van der Waals surface area contributed by atoms with Gasteiger partial charge in [0.25, 0.3) is 0 Å². The van der Waals surface area contributed by atoms with Crippen LogP contribution in [0.5, 0.6) is 0 Å². The molecule has 0 aliphatic heterocycles.